The van der Waals surface area contributed by atoms with Crippen molar-refractivity contribution in [3.63, 3.8) is 0 Å². The Kier molecular flexibility index (Phi) is 4.57. The number of nitrogens with zero attached hydrogens (tertiary/aromatic N) is 2. The van der Waals surface area contributed by atoms with Gasteiger partial charge in [0, 0.05) is 24.2 Å². The summed E-state index contributed by atoms with van der Waals surface area (Å²) in [5, 5.41) is 26.1. The summed E-state index contributed by atoms with van der Waals surface area (Å²) in [6.07, 6.45) is 13.0. The molecule has 4 aliphatic carbocycles. The van der Waals surface area contributed by atoms with E-state index in [0.29, 0.717) is 17.3 Å². The van der Waals surface area contributed by atoms with E-state index in [2.05, 4.69) is 38.1 Å². The van der Waals surface area contributed by atoms with Crippen LogP contribution in [0, 0.1) is 41.4 Å². The van der Waals surface area contributed by atoms with Crippen LogP contribution in [0.1, 0.15) is 76.5 Å². The maximum absolute atomic E-state index is 11.4. The van der Waals surface area contributed by atoms with Crippen LogP contribution in [-0.4, -0.2) is 32.2 Å². The number of aromatic nitrogens is 2. The van der Waals surface area contributed by atoms with Crippen LogP contribution < -0.4 is 0 Å². The van der Waals surface area contributed by atoms with Crippen molar-refractivity contribution in [2.75, 3.05) is 0 Å². The van der Waals surface area contributed by atoms with Gasteiger partial charge in [-0.15, -0.1) is 0 Å². The molecule has 0 radical (unpaired) electrons. The van der Waals surface area contributed by atoms with Crippen LogP contribution >= 0.6 is 0 Å². The molecule has 0 aromatic carbocycles. The molecule has 4 nitrogen and oxygen atoms in total. The molecule has 0 spiro atoms. The molecule has 0 unspecified atom stereocenters. The van der Waals surface area contributed by atoms with Gasteiger partial charge < -0.3 is 10.2 Å². The van der Waals surface area contributed by atoms with Gasteiger partial charge in [0.05, 0.1) is 17.9 Å². The van der Waals surface area contributed by atoms with Crippen LogP contribution in [0.2, 0.25) is 0 Å². The summed E-state index contributed by atoms with van der Waals surface area (Å²) in [5.74, 6) is 2.76. The quantitative estimate of drug-likeness (QED) is 0.733. The van der Waals surface area contributed by atoms with Gasteiger partial charge in [0.15, 0.2) is 0 Å². The van der Waals surface area contributed by atoms with E-state index < -0.39 is 0 Å². The van der Waals surface area contributed by atoms with E-state index in [9.17, 15) is 10.2 Å². The zero-order chi connectivity index (χ0) is 20.6. The topological polar surface area (TPSA) is 58.3 Å². The molecule has 4 saturated carbocycles. The number of aryl methyl sites for hydroxylation is 2. The standard InChI is InChI=1S/C25H38N2O2/c1-15-17(14-27(4)26-15)11-16-12-22-20-6-5-18-13-19(28)7-9-24(18,2)21(20)8-10-25(22,3)23(16)29/h11,14,18-23,28-29H,5-10,12-13H2,1-4H3/b16-11-/t18-,19+,20-,21+,22+,23-,24+,25+/m1/s1. The maximum Gasteiger partial charge on any atom is 0.0809 e. The number of aliphatic hydroxyl groups excluding tert-OH is 2. The van der Waals surface area contributed by atoms with Gasteiger partial charge in [-0.05, 0) is 99.0 Å². The third kappa shape index (κ3) is 2.89. The molecule has 0 aliphatic heterocycles. The van der Waals surface area contributed by atoms with Crippen molar-refractivity contribution in [2.24, 2.45) is 41.5 Å². The van der Waals surface area contributed by atoms with Gasteiger partial charge in [0.25, 0.3) is 0 Å². The highest BCUT2D eigenvalue weighted by Gasteiger charge is 2.61. The zero-order valence-corrected chi connectivity index (χ0v) is 18.6. The molecule has 4 fully saturated rings. The summed E-state index contributed by atoms with van der Waals surface area (Å²) in [6, 6.07) is 0. The summed E-state index contributed by atoms with van der Waals surface area (Å²) in [6.45, 7) is 6.94. The largest absolute Gasteiger partial charge is 0.393 e. The van der Waals surface area contributed by atoms with Gasteiger partial charge in [0.2, 0.25) is 0 Å². The van der Waals surface area contributed by atoms with E-state index in [-0.39, 0.29) is 17.6 Å². The minimum absolute atomic E-state index is 0.0144. The van der Waals surface area contributed by atoms with E-state index >= 15 is 0 Å². The van der Waals surface area contributed by atoms with E-state index in [4.69, 9.17) is 0 Å². The van der Waals surface area contributed by atoms with Crippen molar-refractivity contribution in [3.05, 3.63) is 23.0 Å². The van der Waals surface area contributed by atoms with Crippen molar-refractivity contribution in [3.8, 4) is 0 Å². The molecule has 160 valence electrons. The van der Waals surface area contributed by atoms with Gasteiger partial charge in [-0.3, -0.25) is 4.68 Å². The second-order valence-electron chi connectivity index (χ2n) is 11.3. The predicted octanol–water partition coefficient (Wildman–Crippen LogP) is 4.49. The molecular formula is C25H38N2O2. The summed E-state index contributed by atoms with van der Waals surface area (Å²) < 4.78 is 1.87. The average molecular weight is 399 g/mol. The summed E-state index contributed by atoms with van der Waals surface area (Å²) >= 11 is 0. The van der Waals surface area contributed by atoms with E-state index in [1.165, 1.54) is 31.3 Å². The second kappa shape index (κ2) is 6.68. The molecule has 0 amide bonds. The van der Waals surface area contributed by atoms with Gasteiger partial charge >= 0.3 is 0 Å². The first-order valence-corrected chi connectivity index (χ1v) is 11.8. The molecule has 8 atom stereocenters. The fourth-order valence-electron chi connectivity index (χ4n) is 8.19. The van der Waals surface area contributed by atoms with Crippen LogP contribution in [-0.2, 0) is 7.05 Å². The second-order valence-corrected chi connectivity index (χ2v) is 11.3. The van der Waals surface area contributed by atoms with Crippen LogP contribution in [0.15, 0.2) is 11.8 Å². The fraction of sp³-hybridized carbons (Fsp3) is 0.800. The Morgan fingerprint density at radius 2 is 1.83 bits per heavy atom. The number of aliphatic hydroxyl groups is 2. The Morgan fingerprint density at radius 1 is 1.07 bits per heavy atom. The number of fused-ring (bicyclic) bond motifs is 5. The highest BCUT2D eigenvalue weighted by atomic mass is 16.3. The summed E-state index contributed by atoms with van der Waals surface area (Å²) in [5.41, 5.74) is 3.82. The number of hydrogen-bond donors (Lipinski definition) is 2. The first kappa shape index (κ1) is 19.8. The van der Waals surface area contributed by atoms with Crippen LogP contribution in [0.3, 0.4) is 0 Å². The lowest BCUT2D eigenvalue weighted by atomic mass is 9.45. The Balaban J connectivity index is 1.45. The molecule has 1 heterocycles. The first-order chi connectivity index (χ1) is 13.7. The van der Waals surface area contributed by atoms with Crippen LogP contribution in [0.5, 0.6) is 0 Å². The first-order valence-electron chi connectivity index (χ1n) is 11.8. The molecule has 1 aromatic heterocycles. The molecular weight excluding hydrogens is 360 g/mol. The summed E-state index contributed by atoms with van der Waals surface area (Å²) in [7, 11) is 1.96. The number of rotatable bonds is 1. The van der Waals surface area contributed by atoms with Gasteiger partial charge in [0.1, 0.15) is 0 Å². The third-order valence-electron chi connectivity index (χ3n) is 9.90. The highest BCUT2D eigenvalue weighted by molar-refractivity contribution is 5.56. The fourth-order valence-corrected chi connectivity index (χ4v) is 8.19. The van der Waals surface area contributed by atoms with Crippen LogP contribution in [0.4, 0.5) is 0 Å². The molecule has 2 N–H and O–H groups in total. The molecule has 4 heteroatoms. The minimum atomic E-state index is -0.327. The zero-order valence-electron chi connectivity index (χ0n) is 18.6. The number of hydrogen-bond acceptors (Lipinski definition) is 3. The summed E-state index contributed by atoms with van der Waals surface area (Å²) in [4.78, 5) is 0. The van der Waals surface area contributed by atoms with E-state index in [1.807, 2.05) is 11.7 Å². The molecule has 29 heavy (non-hydrogen) atoms. The monoisotopic (exact) mass is 398 g/mol. The van der Waals surface area contributed by atoms with Gasteiger partial charge in [-0.25, -0.2) is 0 Å². The molecule has 0 bridgehead atoms. The predicted molar refractivity (Wildman–Crippen MR) is 115 cm³/mol. The third-order valence-corrected chi connectivity index (χ3v) is 9.90. The van der Waals surface area contributed by atoms with E-state index in [0.717, 1.165) is 48.8 Å². The normalized spacial score (nSPS) is 48.3. The van der Waals surface area contributed by atoms with E-state index in [1.54, 1.807) is 0 Å². The van der Waals surface area contributed by atoms with Crippen molar-refractivity contribution < 1.29 is 10.2 Å². The maximum atomic E-state index is 11.4. The lowest BCUT2D eigenvalue weighted by molar-refractivity contribution is -0.133. The lowest BCUT2D eigenvalue weighted by Gasteiger charge is -2.60. The van der Waals surface area contributed by atoms with Crippen molar-refractivity contribution in [1.29, 1.82) is 0 Å². The smallest absolute Gasteiger partial charge is 0.0809 e. The average Bonchev–Trinajstić information content (AvgIpc) is 3.12. The minimum Gasteiger partial charge on any atom is -0.393 e. The molecule has 5 rings (SSSR count). The Morgan fingerprint density at radius 3 is 2.55 bits per heavy atom. The van der Waals surface area contributed by atoms with Crippen molar-refractivity contribution >= 4 is 6.08 Å². The Hall–Kier alpha value is -1.13. The Bertz CT molecular complexity index is 829. The van der Waals surface area contributed by atoms with Gasteiger partial charge in [-0.1, -0.05) is 13.8 Å². The molecule has 1 aromatic rings. The van der Waals surface area contributed by atoms with Crippen LogP contribution in [0.25, 0.3) is 6.08 Å². The van der Waals surface area contributed by atoms with Gasteiger partial charge in [-0.2, -0.15) is 5.10 Å². The SMILES string of the molecule is Cc1nn(C)cc1/C=C1/C[C@H]2[C@@H]3CC[C@@H]4C[C@@H](O)CC[C@]4(C)[C@H]3CC[C@]2(C)[C@@H]1O. The van der Waals surface area contributed by atoms with Crippen molar-refractivity contribution in [2.45, 2.75) is 84.3 Å². The molecule has 0 saturated heterocycles. The Labute approximate surface area is 175 Å². The lowest BCUT2D eigenvalue weighted by Crippen LogP contribution is -2.54. The van der Waals surface area contributed by atoms with Crippen molar-refractivity contribution in [1.82, 2.24) is 9.78 Å². The highest BCUT2D eigenvalue weighted by Crippen LogP contribution is 2.67. The molecule has 4 aliphatic rings.